The first-order valence-corrected chi connectivity index (χ1v) is 5.76. The summed E-state index contributed by atoms with van der Waals surface area (Å²) < 4.78 is 0. The average Bonchev–Trinajstić information content (AvgIpc) is 2.68. The van der Waals surface area contributed by atoms with Crippen molar-refractivity contribution < 1.29 is 5.11 Å². The number of hydrogen-bond donors (Lipinski definition) is 2. The van der Waals surface area contributed by atoms with Gasteiger partial charge in [-0.2, -0.15) is 5.26 Å². The molecule has 1 fully saturated rings. The molecule has 1 saturated heterocycles. The van der Waals surface area contributed by atoms with Crippen molar-refractivity contribution in [3.8, 4) is 6.07 Å². The molecule has 90 valence electrons. The molecule has 1 heterocycles. The van der Waals surface area contributed by atoms with Crippen molar-refractivity contribution in [1.82, 2.24) is 0 Å². The normalized spacial score (nSPS) is 23.8. The second-order valence-corrected chi connectivity index (χ2v) is 4.84. The topological polar surface area (TPSA) is 73.3 Å². The summed E-state index contributed by atoms with van der Waals surface area (Å²) in [5.74, 6) is 0. The van der Waals surface area contributed by atoms with E-state index in [0.29, 0.717) is 18.7 Å². The van der Waals surface area contributed by atoms with Gasteiger partial charge in [0.1, 0.15) is 6.07 Å². The monoisotopic (exact) mass is 231 g/mol. The number of β-amino-alcohol motifs (C(OH)–C–C–N with tert-alkyl or cyclic N) is 1. The molecule has 17 heavy (non-hydrogen) atoms. The van der Waals surface area contributed by atoms with Gasteiger partial charge in [-0.3, -0.25) is 0 Å². The zero-order valence-corrected chi connectivity index (χ0v) is 9.98. The standard InChI is InChI=1S/C13H17N3O/c1-13(17)4-5-16(9-13)12-3-2-10(7-14)6-11(12)8-15/h2-3,6,17H,4-5,7,9,14H2,1H3. The highest BCUT2D eigenvalue weighted by atomic mass is 16.3. The third-order valence-corrected chi connectivity index (χ3v) is 3.21. The van der Waals surface area contributed by atoms with Gasteiger partial charge < -0.3 is 15.7 Å². The molecule has 0 spiro atoms. The smallest absolute Gasteiger partial charge is 0.101 e. The van der Waals surface area contributed by atoms with E-state index in [9.17, 15) is 5.11 Å². The second kappa shape index (κ2) is 4.36. The van der Waals surface area contributed by atoms with E-state index < -0.39 is 5.60 Å². The van der Waals surface area contributed by atoms with Crippen LogP contribution < -0.4 is 10.6 Å². The summed E-state index contributed by atoms with van der Waals surface area (Å²) in [4.78, 5) is 2.05. The number of aliphatic hydroxyl groups is 1. The van der Waals surface area contributed by atoms with E-state index in [1.165, 1.54) is 0 Å². The van der Waals surface area contributed by atoms with Gasteiger partial charge in [0.25, 0.3) is 0 Å². The van der Waals surface area contributed by atoms with Crippen LogP contribution in [0.15, 0.2) is 18.2 Å². The van der Waals surface area contributed by atoms with Gasteiger partial charge in [0.15, 0.2) is 0 Å². The summed E-state index contributed by atoms with van der Waals surface area (Å²) in [7, 11) is 0. The van der Waals surface area contributed by atoms with Crippen LogP contribution in [0, 0.1) is 11.3 Å². The summed E-state index contributed by atoms with van der Waals surface area (Å²) in [6.07, 6.45) is 0.733. The molecule has 2 rings (SSSR count). The Morgan fingerprint density at radius 1 is 1.59 bits per heavy atom. The largest absolute Gasteiger partial charge is 0.388 e. The van der Waals surface area contributed by atoms with E-state index in [4.69, 9.17) is 11.0 Å². The Kier molecular flexibility index (Phi) is 3.05. The van der Waals surface area contributed by atoms with Gasteiger partial charge in [0.2, 0.25) is 0 Å². The number of nitrogens with zero attached hydrogens (tertiary/aromatic N) is 2. The van der Waals surface area contributed by atoms with Crippen LogP contribution >= 0.6 is 0 Å². The first kappa shape index (κ1) is 11.9. The van der Waals surface area contributed by atoms with Crippen LogP contribution in [0.1, 0.15) is 24.5 Å². The van der Waals surface area contributed by atoms with Gasteiger partial charge in [0, 0.05) is 19.6 Å². The minimum atomic E-state index is -0.654. The Bertz CT molecular complexity index is 462. The number of hydrogen-bond acceptors (Lipinski definition) is 4. The lowest BCUT2D eigenvalue weighted by Crippen LogP contribution is -2.29. The van der Waals surface area contributed by atoms with Crippen LogP contribution in [-0.2, 0) is 6.54 Å². The molecule has 1 aliphatic heterocycles. The molecule has 1 aromatic rings. The molecule has 0 aliphatic carbocycles. The fourth-order valence-corrected chi connectivity index (χ4v) is 2.23. The summed E-state index contributed by atoms with van der Waals surface area (Å²) in [5, 5.41) is 19.1. The summed E-state index contributed by atoms with van der Waals surface area (Å²) in [5.41, 5.74) is 7.38. The lowest BCUT2D eigenvalue weighted by Gasteiger charge is -2.22. The fraction of sp³-hybridized carbons (Fsp3) is 0.462. The van der Waals surface area contributed by atoms with Crippen molar-refractivity contribution >= 4 is 5.69 Å². The van der Waals surface area contributed by atoms with Gasteiger partial charge in [-0.1, -0.05) is 6.07 Å². The second-order valence-electron chi connectivity index (χ2n) is 4.84. The maximum Gasteiger partial charge on any atom is 0.101 e. The molecule has 4 nitrogen and oxygen atoms in total. The van der Waals surface area contributed by atoms with Crippen molar-refractivity contribution in [3.05, 3.63) is 29.3 Å². The Hall–Kier alpha value is -1.57. The van der Waals surface area contributed by atoms with Crippen molar-refractivity contribution in [2.45, 2.75) is 25.5 Å². The maximum absolute atomic E-state index is 9.95. The minimum Gasteiger partial charge on any atom is -0.388 e. The maximum atomic E-state index is 9.95. The highest BCUT2D eigenvalue weighted by molar-refractivity contribution is 5.61. The van der Waals surface area contributed by atoms with Gasteiger partial charge >= 0.3 is 0 Å². The molecular formula is C13H17N3O. The fourth-order valence-electron chi connectivity index (χ4n) is 2.23. The van der Waals surface area contributed by atoms with Crippen molar-refractivity contribution in [2.24, 2.45) is 5.73 Å². The molecule has 1 aromatic carbocycles. The molecule has 0 aromatic heterocycles. The molecule has 0 bridgehead atoms. The Labute approximate surface area is 101 Å². The summed E-state index contributed by atoms with van der Waals surface area (Å²) >= 11 is 0. The van der Waals surface area contributed by atoms with Gasteiger partial charge in [-0.05, 0) is 31.0 Å². The predicted molar refractivity (Wildman–Crippen MR) is 66.5 cm³/mol. The van der Waals surface area contributed by atoms with E-state index in [0.717, 1.165) is 24.2 Å². The Morgan fingerprint density at radius 3 is 2.88 bits per heavy atom. The van der Waals surface area contributed by atoms with Crippen molar-refractivity contribution in [3.63, 3.8) is 0 Å². The highest BCUT2D eigenvalue weighted by Gasteiger charge is 2.32. The lowest BCUT2D eigenvalue weighted by atomic mass is 10.1. The highest BCUT2D eigenvalue weighted by Crippen LogP contribution is 2.29. The zero-order chi connectivity index (χ0) is 12.5. The van der Waals surface area contributed by atoms with E-state index in [-0.39, 0.29) is 0 Å². The zero-order valence-electron chi connectivity index (χ0n) is 9.98. The minimum absolute atomic E-state index is 0.437. The third kappa shape index (κ3) is 2.41. The molecule has 1 aliphatic rings. The van der Waals surface area contributed by atoms with E-state index >= 15 is 0 Å². The van der Waals surface area contributed by atoms with Crippen LogP contribution in [0.3, 0.4) is 0 Å². The molecule has 1 atom stereocenters. The number of nitriles is 1. The SMILES string of the molecule is CC1(O)CCN(c2ccc(CN)cc2C#N)C1. The van der Waals surface area contributed by atoms with Crippen LogP contribution in [0.25, 0.3) is 0 Å². The molecular weight excluding hydrogens is 214 g/mol. The van der Waals surface area contributed by atoms with Gasteiger partial charge in [-0.15, -0.1) is 0 Å². The van der Waals surface area contributed by atoms with E-state index in [2.05, 4.69) is 11.0 Å². The predicted octanol–water partition coefficient (Wildman–Crippen LogP) is 0.978. The Balaban J connectivity index is 2.31. The van der Waals surface area contributed by atoms with Crippen LogP contribution in [0.2, 0.25) is 0 Å². The first-order chi connectivity index (χ1) is 8.05. The van der Waals surface area contributed by atoms with Crippen LogP contribution in [0.4, 0.5) is 5.69 Å². The first-order valence-electron chi connectivity index (χ1n) is 5.76. The lowest BCUT2D eigenvalue weighted by molar-refractivity contribution is 0.0839. The number of benzene rings is 1. The van der Waals surface area contributed by atoms with Crippen molar-refractivity contribution in [1.29, 1.82) is 5.26 Å². The Morgan fingerprint density at radius 2 is 2.35 bits per heavy atom. The van der Waals surface area contributed by atoms with Crippen LogP contribution in [-0.4, -0.2) is 23.8 Å². The van der Waals surface area contributed by atoms with Gasteiger partial charge in [0.05, 0.1) is 16.9 Å². The molecule has 0 amide bonds. The number of anilines is 1. The summed E-state index contributed by atoms with van der Waals surface area (Å²) in [6.45, 7) is 3.62. The van der Waals surface area contributed by atoms with Crippen molar-refractivity contribution in [2.75, 3.05) is 18.0 Å². The van der Waals surface area contributed by atoms with E-state index in [1.54, 1.807) is 0 Å². The molecule has 0 saturated carbocycles. The third-order valence-electron chi connectivity index (χ3n) is 3.21. The molecule has 0 radical (unpaired) electrons. The quantitative estimate of drug-likeness (QED) is 0.795. The number of rotatable bonds is 2. The molecule has 1 unspecified atom stereocenters. The molecule has 4 heteroatoms. The molecule has 3 N–H and O–H groups in total. The van der Waals surface area contributed by atoms with Gasteiger partial charge in [-0.25, -0.2) is 0 Å². The number of nitrogens with two attached hydrogens (primary N) is 1. The summed E-state index contributed by atoms with van der Waals surface area (Å²) in [6, 6.07) is 7.87. The average molecular weight is 231 g/mol. The van der Waals surface area contributed by atoms with Crippen LogP contribution in [0.5, 0.6) is 0 Å². The van der Waals surface area contributed by atoms with E-state index in [1.807, 2.05) is 25.1 Å².